The normalized spacial score (nSPS) is 14.0. The number of ether oxygens (including phenoxy) is 1. The summed E-state index contributed by atoms with van der Waals surface area (Å²) in [6, 6.07) is 8.41. The van der Waals surface area contributed by atoms with Gasteiger partial charge in [-0.15, -0.1) is 36.7 Å². The summed E-state index contributed by atoms with van der Waals surface area (Å²) < 4.78 is 41.3. The number of carbonyl (C=O) groups excluding carboxylic acids is 1. The third-order valence-electron chi connectivity index (χ3n) is 3.13. The number of hydrogen-bond acceptors (Lipinski definition) is 5. The summed E-state index contributed by atoms with van der Waals surface area (Å²) in [7, 11) is 0. The van der Waals surface area contributed by atoms with Gasteiger partial charge in [-0.3, -0.25) is 9.78 Å². The minimum absolute atomic E-state index is 0.241. The van der Waals surface area contributed by atoms with Crippen LogP contribution in [0.25, 0.3) is 5.57 Å². The van der Waals surface area contributed by atoms with E-state index in [2.05, 4.69) is 9.72 Å². The molecule has 1 aliphatic heterocycles. The van der Waals surface area contributed by atoms with Gasteiger partial charge >= 0.3 is 6.36 Å². The number of nitrogens with zero attached hydrogens (tertiary/aromatic N) is 1. The van der Waals surface area contributed by atoms with Crippen LogP contribution in [0.1, 0.15) is 15.9 Å². The van der Waals surface area contributed by atoms with E-state index in [1.165, 1.54) is 12.1 Å². The molecule has 1 aliphatic rings. The van der Waals surface area contributed by atoms with E-state index < -0.39 is 6.36 Å². The zero-order valence-corrected chi connectivity index (χ0v) is 13.7. The van der Waals surface area contributed by atoms with Crippen molar-refractivity contribution < 1.29 is 22.7 Å². The summed E-state index contributed by atoms with van der Waals surface area (Å²) in [5.74, 6) is -0.598. The van der Waals surface area contributed by atoms with Gasteiger partial charge in [-0.2, -0.15) is 0 Å². The van der Waals surface area contributed by atoms with Crippen LogP contribution in [0, 0.1) is 0 Å². The van der Waals surface area contributed by atoms with E-state index in [0.717, 1.165) is 27.0 Å². The highest BCUT2D eigenvalue weighted by atomic mass is 32.3. The highest BCUT2D eigenvalue weighted by Crippen LogP contribution is 2.48. The van der Waals surface area contributed by atoms with Crippen molar-refractivity contribution in [1.82, 2.24) is 4.98 Å². The fourth-order valence-corrected chi connectivity index (χ4v) is 3.73. The number of benzene rings is 1. The molecule has 0 spiro atoms. The van der Waals surface area contributed by atoms with Crippen molar-refractivity contribution in [3.63, 3.8) is 0 Å². The maximum atomic E-state index is 12.8. The molecule has 0 aliphatic carbocycles. The summed E-state index contributed by atoms with van der Waals surface area (Å²) in [5, 5.41) is 0.871. The van der Waals surface area contributed by atoms with Crippen LogP contribution in [-0.4, -0.2) is 22.2 Å². The molecule has 1 aromatic heterocycles. The van der Waals surface area contributed by atoms with Crippen molar-refractivity contribution in [2.75, 3.05) is 5.08 Å². The lowest BCUT2D eigenvalue weighted by Gasteiger charge is -2.20. The molecule has 3 rings (SSSR count). The Bertz CT molecular complexity index is 768. The summed E-state index contributed by atoms with van der Waals surface area (Å²) in [5.41, 5.74) is 1.58. The predicted molar refractivity (Wildman–Crippen MR) is 88.7 cm³/mol. The number of ketones is 1. The van der Waals surface area contributed by atoms with E-state index in [9.17, 15) is 18.0 Å². The number of thioether (sulfide) groups is 2. The van der Waals surface area contributed by atoms with E-state index >= 15 is 0 Å². The van der Waals surface area contributed by atoms with Crippen LogP contribution in [0.3, 0.4) is 0 Å². The van der Waals surface area contributed by atoms with Crippen LogP contribution in [-0.2, 0) is 0 Å². The zero-order valence-electron chi connectivity index (χ0n) is 12.0. The minimum atomic E-state index is -4.76. The Kier molecular flexibility index (Phi) is 4.86. The van der Waals surface area contributed by atoms with Gasteiger partial charge < -0.3 is 4.74 Å². The molecule has 0 amide bonds. The van der Waals surface area contributed by atoms with Crippen LogP contribution in [0.15, 0.2) is 53.0 Å². The van der Waals surface area contributed by atoms with Crippen molar-refractivity contribution in [1.29, 1.82) is 0 Å². The first-order chi connectivity index (χ1) is 11.4. The minimum Gasteiger partial charge on any atom is -0.406 e. The summed E-state index contributed by atoms with van der Waals surface area (Å²) in [6.07, 6.45) is -1.57. The Balaban J connectivity index is 1.89. The van der Waals surface area contributed by atoms with E-state index in [4.69, 9.17) is 0 Å². The molecule has 0 atom stereocenters. The van der Waals surface area contributed by atoms with Crippen molar-refractivity contribution in [2.24, 2.45) is 0 Å². The Morgan fingerprint density at radius 2 is 1.62 bits per heavy atom. The van der Waals surface area contributed by atoms with Gasteiger partial charge in [-0.05, 0) is 42.0 Å². The molecule has 0 radical (unpaired) electrons. The Hall–Kier alpha value is -1.93. The second kappa shape index (κ2) is 6.90. The molecule has 2 heterocycles. The molecule has 2 aromatic rings. The lowest BCUT2D eigenvalue weighted by Crippen LogP contribution is -2.17. The molecular weight excluding hydrogens is 359 g/mol. The van der Waals surface area contributed by atoms with Gasteiger partial charge in [-0.1, -0.05) is 0 Å². The van der Waals surface area contributed by atoms with Gasteiger partial charge in [0.2, 0.25) is 0 Å². The number of pyridine rings is 1. The largest absolute Gasteiger partial charge is 0.573 e. The third-order valence-corrected chi connectivity index (χ3v) is 5.71. The maximum Gasteiger partial charge on any atom is 0.573 e. The molecule has 1 saturated heterocycles. The molecule has 0 N–H and O–H groups in total. The summed E-state index contributed by atoms with van der Waals surface area (Å²) >= 11 is 3.14. The first kappa shape index (κ1) is 16.9. The molecule has 124 valence electrons. The molecule has 24 heavy (non-hydrogen) atoms. The SMILES string of the molecule is O=C(C(=C1SCS1)c1ccncc1)c1ccc(OC(F)(F)F)cc1. The van der Waals surface area contributed by atoms with Crippen molar-refractivity contribution >= 4 is 34.9 Å². The highest BCUT2D eigenvalue weighted by molar-refractivity contribution is 8.37. The first-order valence-corrected chi connectivity index (χ1v) is 8.72. The number of aromatic nitrogens is 1. The molecule has 0 bridgehead atoms. The second-order valence-electron chi connectivity index (χ2n) is 4.71. The smallest absolute Gasteiger partial charge is 0.406 e. The standard InChI is InChI=1S/C16H10F3NO2S2/c17-16(18,19)22-12-3-1-11(2-4-12)14(21)13(15-23-9-24-15)10-5-7-20-8-6-10/h1-8H,9H2. The topological polar surface area (TPSA) is 39.2 Å². The molecule has 1 aromatic carbocycles. The van der Waals surface area contributed by atoms with Gasteiger partial charge in [0.1, 0.15) is 5.75 Å². The van der Waals surface area contributed by atoms with Gasteiger partial charge in [0, 0.05) is 28.6 Å². The quantitative estimate of drug-likeness (QED) is 0.562. The van der Waals surface area contributed by atoms with Gasteiger partial charge in [-0.25, -0.2) is 0 Å². The number of halogens is 3. The number of carbonyl (C=O) groups is 1. The number of allylic oxidation sites excluding steroid dienone is 1. The van der Waals surface area contributed by atoms with Crippen LogP contribution >= 0.6 is 23.5 Å². The Labute approximate surface area is 144 Å². The van der Waals surface area contributed by atoms with Crippen molar-refractivity contribution in [3.05, 3.63) is 64.2 Å². The molecule has 0 saturated carbocycles. The first-order valence-electron chi connectivity index (χ1n) is 6.75. The summed E-state index contributed by atoms with van der Waals surface area (Å²) in [6.45, 7) is 0. The molecule has 1 fully saturated rings. The maximum absolute atomic E-state index is 12.8. The molecular formula is C16H10F3NO2S2. The average molecular weight is 369 g/mol. The van der Waals surface area contributed by atoms with E-state index in [0.29, 0.717) is 11.1 Å². The fraction of sp³-hybridized carbons (Fsp3) is 0.125. The van der Waals surface area contributed by atoms with Crippen LogP contribution < -0.4 is 4.74 Å². The average Bonchev–Trinajstić information content (AvgIpc) is 2.50. The number of rotatable bonds is 4. The Morgan fingerprint density at radius 3 is 2.12 bits per heavy atom. The van der Waals surface area contributed by atoms with Gasteiger partial charge in [0.15, 0.2) is 5.78 Å². The van der Waals surface area contributed by atoms with Gasteiger partial charge in [0.25, 0.3) is 0 Å². The second-order valence-corrected chi connectivity index (χ2v) is 7.30. The highest BCUT2D eigenvalue weighted by Gasteiger charge is 2.31. The van der Waals surface area contributed by atoms with Crippen LogP contribution in [0.4, 0.5) is 13.2 Å². The van der Waals surface area contributed by atoms with Crippen molar-refractivity contribution in [3.8, 4) is 5.75 Å². The zero-order chi connectivity index (χ0) is 17.2. The third kappa shape index (κ3) is 3.93. The van der Waals surface area contributed by atoms with Crippen LogP contribution in [0.5, 0.6) is 5.75 Å². The fourth-order valence-electron chi connectivity index (χ4n) is 2.07. The van der Waals surface area contributed by atoms with E-state index in [-0.39, 0.29) is 11.5 Å². The van der Waals surface area contributed by atoms with E-state index in [1.807, 2.05) is 0 Å². The van der Waals surface area contributed by atoms with Crippen LogP contribution in [0.2, 0.25) is 0 Å². The number of hydrogen-bond donors (Lipinski definition) is 0. The number of alkyl halides is 3. The number of Topliss-reactive ketones (excluding diaryl/α,β-unsaturated/α-hetero) is 1. The van der Waals surface area contributed by atoms with Gasteiger partial charge in [0.05, 0.1) is 4.24 Å². The summed E-state index contributed by atoms with van der Waals surface area (Å²) in [4.78, 5) is 16.7. The van der Waals surface area contributed by atoms with Crippen molar-refractivity contribution in [2.45, 2.75) is 6.36 Å². The lowest BCUT2D eigenvalue weighted by atomic mass is 9.99. The molecule has 3 nitrogen and oxygen atoms in total. The van der Waals surface area contributed by atoms with E-state index in [1.54, 1.807) is 48.1 Å². The Morgan fingerprint density at radius 1 is 1.00 bits per heavy atom. The molecule has 8 heteroatoms. The monoisotopic (exact) mass is 369 g/mol. The predicted octanol–water partition coefficient (Wildman–Crippen LogP) is 4.97. The molecule has 0 unspecified atom stereocenters. The lowest BCUT2D eigenvalue weighted by molar-refractivity contribution is -0.274.